The van der Waals surface area contributed by atoms with Crippen molar-refractivity contribution in [1.82, 2.24) is 20.0 Å². The van der Waals surface area contributed by atoms with Crippen LogP contribution in [-0.4, -0.2) is 59.2 Å². The van der Waals surface area contributed by atoms with Gasteiger partial charge in [0.1, 0.15) is 5.52 Å². The van der Waals surface area contributed by atoms with E-state index in [4.69, 9.17) is 4.52 Å². The van der Waals surface area contributed by atoms with Gasteiger partial charge in [-0.25, -0.2) is 9.97 Å². The van der Waals surface area contributed by atoms with Gasteiger partial charge in [0, 0.05) is 37.3 Å². The first-order valence-electron chi connectivity index (χ1n) is 11.0. The number of aromatic nitrogens is 3. The van der Waals surface area contributed by atoms with Crippen molar-refractivity contribution in [2.24, 2.45) is 0 Å². The second-order valence-electron chi connectivity index (χ2n) is 8.42. The van der Waals surface area contributed by atoms with Crippen molar-refractivity contribution in [2.45, 2.75) is 13.8 Å². The van der Waals surface area contributed by atoms with Gasteiger partial charge in [0.15, 0.2) is 5.76 Å². The third-order valence-electron chi connectivity index (χ3n) is 6.06. The fraction of sp³-hybridized carbons (Fsp3) is 0.280. The summed E-state index contributed by atoms with van der Waals surface area (Å²) in [6, 6.07) is 15.1. The predicted octanol–water partition coefficient (Wildman–Crippen LogP) is 3.91. The SMILES string of the molecule is Cc1nc(N2CCN(C)CC2)nc(C)c1NC(=O)c1ccc2noc(-c3ccccc3)c2c1. The first kappa shape index (κ1) is 21.1. The van der Waals surface area contributed by atoms with Crippen LogP contribution in [0.4, 0.5) is 11.6 Å². The summed E-state index contributed by atoms with van der Waals surface area (Å²) in [7, 11) is 2.12. The summed E-state index contributed by atoms with van der Waals surface area (Å²) in [6.45, 7) is 7.56. The number of amides is 1. The molecule has 0 radical (unpaired) electrons. The van der Waals surface area contributed by atoms with Crippen LogP contribution in [0.25, 0.3) is 22.2 Å². The van der Waals surface area contributed by atoms with Crippen LogP contribution in [0.5, 0.6) is 0 Å². The van der Waals surface area contributed by atoms with Gasteiger partial charge in [-0.1, -0.05) is 35.5 Å². The van der Waals surface area contributed by atoms with E-state index in [1.54, 1.807) is 12.1 Å². The minimum absolute atomic E-state index is 0.223. The van der Waals surface area contributed by atoms with Crippen LogP contribution >= 0.6 is 0 Å². The first-order valence-corrected chi connectivity index (χ1v) is 11.0. The number of benzene rings is 2. The average molecular weight is 443 g/mol. The number of nitrogens with one attached hydrogen (secondary N) is 1. The van der Waals surface area contributed by atoms with Crippen LogP contribution in [0.3, 0.4) is 0 Å². The number of fused-ring (bicyclic) bond motifs is 1. The Labute approximate surface area is 192 Å². The summed E-state index contributed by atoms with van der Waals surface area (Å²) < 4.78 is 5.56. The number of carbonyl (C=O) groups excluding carboxylic acids is 1. The van der Waals surface area contributed by atoms with Crippen molar-refractivity contribution in [3.05, 3.63) is 65.5 Å². The molecule has 2 aromatic carbocycles. The monoisotopic (exact) mass is 442 g/mol. The van der Waals surface area contributed by atoms with Gasteiger partial charge in [-0.15, -0.1) is 0 Å². The van der Waals surface area contributed by atoms with Crippen molar-refractivity contribution >= 4 is 28.4 Å². The first-order chi connectivity index (χ1) is 16.0. The highest BCUT2D eigenvalue weighted by atomic mass is 16.5. The maximum atomic E-state index is 13.1. The van der Waals surface area contributed by atoms with Crippen LogP contribution < -0.4 is 10.2 Å². The van der Waals surface area contributed by atoms with Crippen molar-refractivity contribution < 1.29 is 9.32 Å². The minimum Gasteiger partial charge on any atom is -0.355 e. The molecule has 33 heavy (non-hydrogen) atoms. The Balaban J connectivity index is 1.40. The predicted molar refractivity (Wildman–Crippen MR) is 129 cm³/mol. The molecule has 2 aromatic heterocycles. The standard InChI is InChI=1S/C25H26N6O2/c1-16-22(17(2)27-25(26-16)31-13-11-30(3)12-14-31)28-24(32)19-9-10-21-20(15-19)23(33-29-21)18-7-5-4-6-8-18/h4-10,15H,11-14H2,1-3H3,(H,28,32). The van der Waals surface area contributed by atoms with E-state index >= 15 is 0 Å². The molecule has 8 nitrogen and oxygen atoms in total. The van der Waals surface area contributed by atoms with Gasteiger partial charge in [-0.3, -0.25) is 4.79 Å². The lowest BCUT2D eigenvalue weighted by Gasteiger charge is -2.32. The van der Waals surface area contributed by atoms with E-state index in [1.807, 2.05) is 50.2 Å². The average Bonchev–Trinajstić information content (AvgIpc) is 3.25. The molecule has 8 heteroatoms. The number of nitrogens with zero attached hydrogens (tertiary/aromatic N) is 5. The van der Waals surface area contributed by atoms with Crippen molar-refractivity contribution in [3.8, 4) is 11.3 Å². The molecule has 1 aliphatic heterocycles. The fourth-order valence-electron chi connectivity index (χ4n) is 4.09. The number of aryl methyl sites for hydroxylation is 2. The molecule has 0 aliphatic carbocycles. The normalized spacial score (nSPS) is 14.6. The molecule has 168 valence electrons. The Hall–Kier alpha value is -3.78. The van der Waals surface area contributed by atoms with Gasteiger partial charge < -0.3 is 19.6 Å². The van der Waals surface area contributed by atoms with Gasteiger partial charge in [0.05, 0.1) is 22.5 Å². The highest BCUT2D eigenvalue weighted by Gasteiger charge is 2.20. The van der Waals surface area contributed by atoms with Gasteiger partial charge in [0.2, 0.25) is 5.95 Å². The molecule has 1 saturated heterocycles. The molecule has 3 heterocycles. The van der Waals surface area contributed by atoms with Crippen LogP contribution in [-0.2, 0) is 0 Å². The molecule has 1 aliphatic rings. The number of carbonyl (C=O) groups is 1. The molecule has 0 unspecified atom stereocenters. The highest BCUT2D eigenvalue weighted by Crippen LogP contribution is 2.30. The van der Waals surface area contributed by atoms with Gasteiger partial charge in [-0.2, -0.15) is 0 Å². The second kappa shape index (κ2) is 8.63. The molecule has 1 fully saturated rings. The zero-order valence-corrected chi connectivity index (χ0v) is 19.0. The van der Waals surface area contributed by atoms with E-state index in [0.717, 1.165) is 54.5 Å². The third kappa shape index (κ3) is 4.17. The topological polar surface area (TPSA) is 87.4 Å². The van der Waals surface area contributed by atoms with Crippen LogP contribution in [0.15, 0.2) is 53.1 Å². The molecule has 0 saturated carbocycles. The Morgan fingerprint density at radius 3 is 2.36 bits per heavy atom. The maximum absolute atomic E-state index is 13.1. The van der Waals surface area contributed by atoms with Crippen molar-refractivity contribution in [2.75, 3.05) is 43.4 Å². The minimum atomic E-state index is -0.223. The molecular weight excluding hydrogens is 416 g/mol. The quantitative estimate of drug-likeness (QED) is 0.513. The summed E-state index contributed by atoms with van der Waals surface area (Å²) in [5.41, 5.74) is 4.28. The highest BCUT2D eigenvalue weighted by molar-refractivity contribution is 6.07. The molecule has 1 amide bonds. The molecule has 4 aromatic rings. The van der Waals surface area contributed by atoms with Gasteiger partial charge >= 0.3 is 0 Å². The maximum Gasteiger partial charge on any atom is 0.255 e. The van der Waals surface area contributed by atoms with Crippen molar-refractivity contribution in [1.29, 1.82) is 0 Å². The molecule has 0 spiro atoms. The lowest BCUT2D eigenvalue weighted by molar-refractivity contribution is 0.102. The Morgan fingerprint density at radius 2 is 1.67 bits per heavy atom. The number of hydrogen-bond donors (Lipinski definition) is 1. The van der Waals surface area contributed by atoms with E-state index in [2.05, 4.69) is 37.3 Å². The van der Waals surface area contributed by atoms with E-state index in [9.17, 15) is 4.79 Å². The summed E-state index contributed by atoms with van der Waals surface area (Å²) >= 11 is 0. The summed E-state index contributed by atoms with van der Waals surface area (Å²) in [6.07, 6.45) is 0. The molecule has 5 rings (SSSR count). The summed E-state index contributed by atoms with van der Waals surface area (Å²) in [5, 5.41) is 7.93. The number of rotatable bonds is 4. The molecule has 0 atom stereocenters. The van der Waals surface area contributed by atoms with Gasteiger partial charge in [0.25, 0.3) is 5.91 Å². The van der Waals surface area contributed by atoms with Crippen LogP contribution in [0.2, 0.25) is 0 Å². The largest absolute Gasteiger partial charge is 0.355 e. The van der Waals surface area contributed by atoms with E-state index in [-0.39, 0.29) is 5.91 Å². The summed E-state index contributed by atoms with van der Waals surface area (Å²) in [5.74, 6) is 1.14. The van der Waals surface area contributed by atoms with E-state index < -0.39 is 0 Å². The van der Waals surface area contributed by atoms with E-state index in [0.29, 0.717) is 22.5 Å². The number of hydrogen-bond acceptors (Lipinski definition) is 7. The zero-order valence-electron chi connectivity index (χ0n) is 19.0. The molecular formula is C25H26N6O2. The Morgan fingerprint density at radius 1 is 0.970 bits per heavy atom. The molecule has 1 N–H and O–H groups in total. The molecule has 0 bridgehead atoms. The lowest BCUT2D eigenvalue weighted by Crippen LogP contribution is -2.45. The van der Waals surface area contributed by atoms with Crippen LogP contribution in [0, 0.1) is 13.8 Å². The number of piperazine rings is 1. The third-order valence-corrected chi connectivity index (χ3v) is 6.06. The fourth-order valence-corrected chi connectivity index (χ4v) is 4.09. The van der Waals surface area contributed by atoms with Gasteiger partial charge in [-0.05, 0) is 39.1 Å². The number of anilines is 2. The lowest BCUT2D eigenvalue weighted by atomic mass is 10.1. The Kier molecular flexibility index (Phi) is 5.51. The second-order valence-corrected chi connectivity index (χ2v) is 8.42. The van der Waals surface area contributed by atoms with E-state index in [1.165, 1.54) is 0 Å². The van der Waals surface area contributed by atoms with Crippen molar-refractivity contribution in [3.63, 3.8) is 0 Å². The Bertz CT molecular complexity index is 1290. The number of likely N-dealkylation sites (N-methyl/N-ethyl adjacent to an activating group) is 1. The zero-order chi connectivity index (χ0) is 22.9. The summed E-state index contributed by atoms with van der Waals surface area (Å²) in [4.78, 5) is 27.0. The smallest absolute Gasteiger partial charge is 0.255 e. The van der Waals surface area contributed by atoms with Crippen LogP contribution in [0.1, 0.15) is 21.7 Å².